The van der Waals surface area contributed by atoms with Gasteiger partial charge < -0.3 is 11.1 Å². The average molecular weight is 261 g/mol. The maximum absolute atomic E-state index is 5.94. The molecule has 0 aliphatic heterocycles. The van der Waals surface area contributed by atoms with Gasteiger partial charge in [-0.2, -0.15) is 0 Å². The van der Waals surface area contributed by atoms with E-state index in [1.54, 1.807) is 12.1 Å². The van der Waals surface area contributed by atoms with Crippen LogP contribution in [0.4, 0.5) is 11.4 Å². The normalized spacial score (nSPS) is 11.6. The molecular weight excluding hydrogens is 243 g/mol. The highest BCUT2D eigenvalue weighted by Crippen LogP contribution is 2.31. The van der Waals surface area contributed by atoms with Crippen molar-refractivity contribution in [2.75, 3.05) is 17.6 Å². The summed E-state index contributed by atoms with van der Waals surface area (Å²) in [7, 11) is 0. The van der Waals surface area contributed by atoms with Gasteiger partial charge in [0.1, 0.15) is 0 Å². The predicted octanol–water partition coefficient (Wildman–Crippen LogP) is 4.42. The summed E-state index contributed by atoms with van der Waals surface area (Å²) in [5.74, 6) is 0. The van der Waals surface area contributed by atoms with Crippen molar-refractivity contribution in [1.82, 2.24) is 0 Å². The average Bonchev–Trinajstić information content (AvgIpc) is 2.22. The van der Waals surface area contributed by atoms with Crippen molar-refractivity contribution < 1.29 is 0 Å². The molecule has 0 radical (unpaired) electrons. The number of hydrogen-bond acceptors (Lipinski definition) is 2. The Balaban J connectivity index is 2.79. The zero-order valence-corrected chi connectivity index (χ0v) is 11.4. The molecule has 0 unspecified atom stereocenters. The van der Waals surface area contributed by atoms with Crippen LogP contribution in [-0.2, 0) is 0 Å². The number of rotatable bonds is 4. The first-order chi connectivity index (χ1) is 7.35. The molecule has 0 spiro atoms. The number of hydrogen-bond donors (Lipinski definition) is 2. The largest absolute Gasteiger partial charge is 0.397 e. The molecule has 0 aliphatic carbocycles. The lowest BCUT2D eigenvalue weighted by Gasteiger charge is -2.24. The SMILES string of the molecule is CCC(C)(C)CNc1cc(Cl)c(Cl)cc1N. The Morgan fingerprint density at radius 2 is 1.81 bits per heavy atom. The van der Waals surface area contributed by atoms with Gasteiger partial charge in [-0.05, 0) is 24.0 Å². The fourth-order valence-corrected chi connectivity index (χ4v) is 1.51. The molecule has 90 valence electrons. The number of halogens is 2. The molecule has 0 aromatic heterocycles. The third kappa shape index (κ3) is 3.46. The molecule has 0 bridgehead atoms. The van der Waals surface area contributed by atoms with Crippen molar-refractivity contribution in [3.05, 3.63) is 22.2 Å². The van der Waals surface area contributed by atoms with Crippen LogP contribution in [0.5, 0.6) is 0 Å². The fourth-order valence-electron chi connectivity index (χ4n) is 1.17. The van der Waals surface area contributed by atoms with Crippen molar-refractivity contribution in [3.8, 4) is 0 Å². The van der Waals surface area contributed by atoms with Gasteiger partial charge in [0.05, 0.1) is 21.4 Å². The monoisotopic (exact) mass is 260 g/mol. The minimum Gasteiger partial charge on any atom is -0.397 e. The molecule has 0 saturated heterocycles. The summed E-state index contributed by atoms with van der Waals surface area (Å²) in [6.07, 6.45) is 1.10. The van der Waals surface area contributed by atoms with Gasteiger partial charge in [-0.15, -0.1) is 0 Å². The smallest absolute Gasteiger partial charge is 0.0614 e. The van der Waals surface area contributed by atoms with Crippen LogP contribution >= 0.6 is 23.2 Å². The van der Waals surface area contributed by atoms with Gasteiger partial charge in [0.25, 0.3) is 0 Å². The van der Waals surface area contributed by atoms with Crippen molar-refractivity contribution in [2.45, 2.75) is 27.2 Å². The lowest BCUT2D eigenvalue weighted by molar-refractivity contribution is 0.377. The molecule has 0 fully saturated rings. The van der Waals surface area contributed by atoms with Crippen LogP contribution in [-0.4, -0.2) is 6.54 Å². The number of anilines is 2. The van der Waals surface area contributed by atoms with Crippen LogP contribution in [0.1, 0.15) is 27.2 Å². The Hall–Kier alpha value is -0.600. The molecule has 1 aromatic carbocycles. The van der Waals surface area contributed by atoms with Gasteiger partial charge in [-0.1, -0.05) is 44.0 Å². The molecule has 16 heavy (non-hydrogen) atoms. The zero-order valence-electron chi connectivity index (χ0n) is 9.90. The molecule has 3 N–H and O–H groups in total. The second-order valence-electron chi connectivity index (χ2n) is 4.72. The van der Waals surface area contributed by atoms with E-state index in [9.17, 15) is 0 Å². The highest BCUT2D eigenvalue weighted by molar-refractivity contribution is 6.42. The van der Waals surface area contributed by atoms with E-state index in [2.05, 4.69) is 26.1 Å². The number of nitrogen functional groups attached to an aromatic ring is 1. The molecular formula is C12H18Cl2N2. The van der Waals surface area contributed by atoms with E-state index in [0.717, 1.165) is 18.7 Å². The van der Waals surface area contributed by atoms with Crippen LogP contribution < -0.4 is 11.1 Å². The van der Waals surface area contributed by atoms with Crippen molar-refractivity contribution in [3.63, 3.8) is 0 Å². The van der Waals surface area contributed by atoms with Crippen LogP contribution in [0.3, 0.4) is 0 Å². The van der Waals surface area contributed by atoms with Gasteiger partial charge in [0.15, 0.2) is 0 Å². The number of benzene rings is 1. The molecule has 1 rings (SSSR count). The Labute approximate surface area is 107 Å². The maximum atomic E-state index is 5.94. The zero-order chi connectivity index (χ0) is 12.3. The Kier molecular flexibility index (Phi) is 4.34. The molecule has 1 aromatic rings. The van der Waals surface area contributed by atoms with E-state index in [4.69, 9.17) is 28.9 Å². The van der Waals surface area contributed by atoms with Gasteiger partial charge in [-0.3, -0.25) is 0 Å². The van der Waals surface area contributed by atoms with E-state index < -0.39 is 0 Å². The third-order valence-corrected chi connectivity index (χ3v) is 3.53. The summed E-state index contributed by atoms with van der Waals surface area (Å²) >= 11 is 11.8. The number of nitrogens with one attached hydrogen (secondary N) is 1. The molecule has 0 heterocycles. The minimum absolute atomic E-state index is 0.235. The van der Waals surface area contributed by atoms with Gasteiger partial charge in [0, 0.05) is 6.54 Å². The highest BCUT2D eigenvalue weighted by atomic mass is 35.5. The molecule has 0 atom stereocenters. The summed E-state index contributed by atoms with van der Waals surface area (Å²) < 4.78 is 0. The standard InChI is InChI=1S/C12H18Cl2N2/c1-4-12(2,3)7-16-11-6-9(14)8(13)5-10(11)15/h5-6,16H,4,7,15H2,1-3H3. The van der Waals surface area contributed by atoms with E-state index in [-0.39, 0.29) is 5.41 Å². The van der Waals surface area contributed by atoms with Gasteiger partial charge >= 0.3 is 0 Å². The molecule has 0 saturated carbocycles. The summed E-state index contributed by atoms with van der Waals surface area (Å²) in [5.41, 5.74) is 7.56. The van der Waals surface area contributed by atoms with Crippen molar-refractivity contribution in [2.24, 2.45) is 5.41 Å². The van der Waals surface area contributed by atoms with Crippen molar-refractivity contribution in [1.29, 1.82) is 0 Å². The van der Waals surface area contributed by atoms with Gasteiger partial charge in [0.2, 0.25) is 0 Å². The van der Waals surface area contributed by atoms with E-state index in [1.807, 2.05) is 0 Å². The minimum atomic E-state index is 0.235. The summed E-state index contributed by atoms with van der Waals surface area (Å²) in [6, 6.07) is 3.44. The van der Waals surface area contributed by atoms with Gasteiger partial charge in [-0.25, -0.2) is 0 Å². The first-order valence-corrected chi connectivity index (χ1v) is 6.10. The predicted molar refractivity (Wildman–Crippen MR) is 73.4 cm³/mol. The van der Waals surface area contributed by atoms with Crippen LogP contribution in [0.15, 0.2) is 12.1 Å². The Bertz CT molecular complexity index is 376. The van der Waals surface area contributed by atoms with E-state index in [0.29, 0.717) is 15.7 Å². The third-order valence-electron chi connectivity index (χ3n) is 2.81. The number of nitrogens with two attached hydrogens (primary N) is 1. The molecule has 0 aliphatic rings. The Morgan fingerprint density at radius 3 is 2.38 bits per heavy atom. The fraction of sp³-hybridized carbons (Fsp3) is 0.500. The summed E-state index contributed by atoms with van der Waals surface area (Å²) in [6.45, 7) is 7.42. The maximum Gasteiger partial charge on any atom is 0.0614 e. The molecule has 4 heteroatoms. The second-order valence-corrected chi connectivity index (χ2v) is 5.54. The second kappa shape index (κ2) is 5.15. The quantitative estimate of drug-likeness (QED) is 0.787. The molecule has 0 amide bonds. The van der Waals surface area contributed by atoms with Crippen LogP contribution in [0, 0.1) is 5.41 Å². The topological polar surface area (TPSA) is 38.0 Å². The summed E-state index contributed by atoms with van der Waals surface area (Å²) in [4.78, 5) is 0. The summed E-state index contributed by atoms with van der Waals surface area (Å²) in [5, 5.41) is 4.31. The lowest BCUT2D eigenvalue weighted by Crippen LogP contribution is -2.22. The van der Waals surface area contributed by atoms with Crippen molar-refractivity contribution >= 4 is 34.6 Å². The van der Waals surface area contributed by atoms with Crippen LogP contribution in [0.25, 0.3) is 0 Å². The van der Waals surface area contributed by atoms with Crippen LogP contribution in [0.2, 0.25) is 10.0 Å². The van der Waals surface area contributed by atoms with E-state index >= 15 is 0 Å². The Morgan fingerprint density at radius 1 is 1.25 bits per heavy atom. The lowest BCUT2D eigenvalue weighted by atomic mass is 9.90. The molecule has 2 nitrogen and oxygen atoms in total. The first kappa shape index (κ1) is 13.5. The first-order valence-electron chi connectivity index (χ1n) is 5.34. The highest BCUT2D eigenvalue weighted by Gasteiger charge is 2.15. The van der Waals surface area contributed by atoms with E-state index in [1.165, 1.54) is 0 Å².